The van der Waals surface area contributed by atoms with Gasteiger partial charge in [0.25, 0.3) is 10.0 Å². The van der Waals surface area contributed by atoms with Crippen molar-refractivity contribution in [1.82, 2.24) is 9.97 Å². The van der Waals surface area contributed by atoms with Crippen LogP contribution >= 0.6 is 11.3 Å². The number of nitrogens with zero attached hydrogens (tertiary/aromatic N) is 3. The topological polar surface area (TPSA) is 95.7 Å². The second-order valence-electron chi connectivity index (χ2n) is 3.36. The van der Waals surface area contributed by atoms with E-state index in [9.17, 15) is 8.42 Å². The van der Waals surface area contributed by atoms with Crippen molar-refractivity contribution < 1.29 is 8.42 Å². The molecule has 0 fully saturated rings. The van der Waals surface area contributed by atoms with Crippen molar-refractivity contribution >= 4 is 26.5 Å². The predicted octanol–water partition coefficient (Wildman–Crippen LogP) is 1.52. The first kappa shape index (κ1) is 12.5. The molecule has 2 aromatic rings. The lowest BCUT2D eigenvalue weighted by molar-refractivity contribution is 0.600. The average molecular weight is 280 g/mol. The molecular formula is C10H8N4O2S2. The summed E-state index contributed by atoms with van der Waals surface area (Å²) in [4.78, 5) is 7.56. The van der Waals surface area contributed by atoms with Crippen LogP contribution in [0.3, 0.4) is 0 Å². The second-order valence-corrected chi connectivity index (χ2v) is 5.87. The Balaban J connectivity index is 2.40. The number of rotatable bonds is 3. The van der Waals surface area contributed by atoms with Gasteiger partial charge in [0.1, 0.15) is 11.0 Å². The number of sulfonamides is 1. The first-order chi connectivity index (χ1) is 8.53. The van der Waals surface area contributed by atoms with Crippen molar-refractivity contribution in [2.24, 2.45) is 0 Å². The van der Waals surface area contributed by atoms with Gasteiger partial charge in [-0.15, -0.1) is 11.3 Å². The quantitative estimate of drug-likeness (QED) is 0.919. The number of aromatic nitrogens is 2. The van der Waals surface area contributed by atoms with E-state index in [4.69, 9.17) is 5.26 Å². The molecule has 6 nitrogen and oxygen atoms in total. The zero-order valence-corrected chi connectivity index (χ0v) is 10.9. The molecule has 18 heavy (non-hydrogen) atoms. The summed E-state index contributed by atoms with van der Waals surface area (Å²) in [5.74, 6) is 0. The summed E-state index contributed by atoms with van der Waals surface area (Å²) in [7, 11) is -3.83. The van der Waals surface area contributed by atoms with E-state index >= 15 is 0 Å². The van der Waals surface area contributed by atoms with Crippen LogP contribution in [0.2, 0.25) is 0 Å². The molecule has 0 saturated heterocycles. The van der Waals surface area contributed by atoms with Crippen LogP contribution in [0.25, 0.3) is 0 Å². The van der Waals surface area contributed by atoms with Crippen LogP contribution in [0.5, 0.6) is 0 Å². The van der Waals surface area contributed by atoms with Crippen LogP contribution in [-0.2, 0) is 10.0 Å². The Morgan fingerprint density at radius 1 is 1.50 bits per heavy atom. The number of pyridine rings is 1. The fourth-order valence-electron chi connectivity index (χ4n) is 1.26. The number of nitriles is 1. The minimum absolute atomic E-state index is 0.140. The van der Waals surface area contributed by atoms with E-state index in [-0.39, 0.29) is 15.7 Å². The van der Waals surface area contributed by atoms with Gasteiger partial charge in [0.2, 0.25) is 0 Å². The van der Waals surface area contributed by atoms with Crippen LogP contribution < -0.4 is 4.72 Å². The maximum absolute atomic E-state index is 12.1. The Morgan fingerprint density at radius 2 is 2.28 bits per heavy atom. The number of aryl methyl sites for hydroxylation is 1. The van der Waals surface area contributed by atoms with E-state index in [1.54, 1.807) is 18.4 Å². The highest BCUT2D eigenvalue weighted by atomic mass is 32.2. The molecule has 0 aromatic carbocycles. The molecule has 0 aliphatic heterocycles. The highest BCUT2D eigenvalue weighted by Crippen LogP contribution is 2.20. The van der Waals surface area contributed by atoms with Crippen LogP contribution in [0.15, 0.2) is 28.6 Å². The SMILES string of the molecule is Cc1csc(NS(=O)(=O)c2cccnc2C#N)n1. The Kier molecular flexibility index (Phi) is 3.27. The predicted molar refractivity (Wildman–Crippen MR) is 66.6 cm³/mol. The minimum atomic E-state index is -3.83. The summed E-state index contributed by atoms with van der Waals surface area (Å²) < 4.78 is 26.4. The fraction of sp³-hybridized carbons (Fsp3) is 0.100. The molecular weight excluding hydrogens is 272 g/mol. The lowest BCUT2D eigenvalue weighted by atomic mass is 10.4. The molecule has 2 heterocycles. The molecule has 0 spiro atoms. The van der Waals surface area contributed by atoms with Gasteiger partial charge in [-0.05, 0) is 19.1 Å². The minimum Gasteiger partial charge on any atom is -0.255 e. The first-order valence-electron chi connectivity index (χ1n) is 4.83. The number of hydrogen-bond acceptors (Lipinski definition) is 6. The van der Waals surface area contributed by atoms with Gasteiger partial charge >= 0.3 is 0 Å². The summed E-state index contributed by atoms with van der Waals surface area (Å²) in [6.07, 6.45) is 1.37. The largest absolute Gasteiger partial charge is 0.266 e. The monoisotopic (exact) mass is 280 g/mol. The van der Waals surface area contributed by atoms with E-state index < -0.39 is 10.0 Å². The average Bonchev–Trinajstić information content (AvgIpc) is 2.74. The number of nitrogens with one attached hydrogen (secondary N) is 1. The van der Waals surface area contributed by atoms with Gasteiger partial charge in [0.15, 0.2) is 10.8 Å². The third-order valence-corrected chi connectivity index (χ3v) is 4.38. The maximum Gasteiger partial charge on any atom is 0.266 e. The second kappa shape index (κ2) is 4.72. The van der Waals surface area contributed by atoms with E-state index in [0.717, 1.165) is 5.69 Å². The lowest BCUT2D eigenvalue weighted by Gasteiger charge is -2.05. The van der Waals surface area contributed by atoms with Gasteiger partial charge in [-0.3, -0.25) is 4.72 Å². The van der Waals surface area contributed by atoms with Gasteiger partial charge in [-0.1, -0.05) is 0 Å². The third-order valence-electron chi connectivity index (χ3n) is 2.01. The highest BCUT2D eigenvalue weighted by Gasteiger charge is 2.20. The van der Waals surface area contributed by atoms with E-state index in [1.165, 1.54) is 29.7 Å². The van der Waals surface area contributed by atoms with Crippen LogP contribution in [0, 0.1) is 18.3 Å². The molecule has 0 aliphatic carbocycles. The standard InChI is InChI=1S/C10H8N4O2S2/c1-7-6-17-10(13-7)14-18(15,16)9-3-2-4-12-8(9)5-11/h2-4,6H,1H3,(H,13,14). The molecule has 0 atom stereocenters. The van der Waals surface area contributed by atoms with Gasteiger partial charge in [0.05, 0.1) is 5.69 Å². The lowest BCUT2D eigenvalue weighted by Crippen LogP contribution is -2.14. The fourth-order valence-corrected chi connectivity index (χ4v) is 3.31. The highest BCUT2D eigenvalue weighted by molar-refractivity contribution is 7.93. The third kappa shape index (κ3) is 2.47. The maximum atomic E-state index is 12.1. The van der Waals surface area contributed by atoms with Gasteiger partial charge < -0.3 is 0 Å². The van der Waals surface area contributed by atoms with Crippen molar-refractivity contribution in [3.8, 4) is 6.07 Å². The smallest absolute Gasteiger partial charge is 0.255 e. The zero-order valence-electron chi connectivity index (χ0n) is 9.28. The van der Waals surface area contributed by atoms with E-state index in [0.29, 0.717) is 0 Å². The summed E-state index contributed by atoms with van der Waals surface area (Å²) in [5, 5.41) is 10.8. The van der Waals surface area contributed by atoms with Gasteiger partial charge in [0, 0.05) is 11.6 Å². The van der Waals surface area contributed by atoms with Crippen LogP contribution in [-0.4, -0.2) is 18.4 Å². The summed E-state index contributed by atoms with van der Waals surface area (Å²) in [6, 6.07) is 4.53. The zero-order chi connectivity index (χ0) is 13.2. The number of thiazole rings is 1. The van der Waals surface area contributed by atoms with Crippen LogP contribution in [0.4, 0.5) is 5.13 Å². The molecule has 2 aromatic heterocycles. The summed E-state index contributed by atoms with van der Waals surface area (Å²) in [6.45, 7) is 1.76. The Morgan fingerprint density at radius 3 is 2.89 bits per heavy atom. The number of anilines is 1. The van der Waals surface area contributed by atoms with Crippen molar-refractivity contribution in [3.05, 3.63) is 35.1 Å². The molecule has 0 amide bonds. The first-order valence-corrected chi connectivity index (χ1v) is 7.19. The van der Waals surface area contributed by atoms with E-state index in [2.05, 4.69) is 14.7 Å². The molecule has 2 rings (SSSR count). The van der Waals surface area contributed by atoms with Gasteiger partial charge in [-0.2, -0.15) is 5.26 Å². The van der Waals surface area contributed by atoms with Crippen molar-refractivity contribution in [2.75, 3.05) is 4.72 Å². The molecule has 0 saturated carbocycles. The molecule has 8 heteroatoms. The molecule has 0 aliphatic rings. The summed E-state index contributed by atoms with van der Waals surface area (Å²) in [5.41, 5.74) is 0.586. The number of hydrogen-bond donors (Lipinski definition) is 1. The Bertz CT molecular complexity index is 715. The van der Waals surface area contributed by atoms with E-state index in [1.807, 2.05) is 0 Å². The normalized spacial score (nSPS) is 10.9. The Labute approximate surface area is 108 Å². The van der Waals surface area contributed by atoms with Gasteiger partial charge in [-0.25, -0.2) is 18.4 Å². The molecule has 0 bridgehead atoms. The van der Waals surface area contributed by atoms with Crippen molar-refractivity contribution in [1.29, 1.82) is 5.26 Å². The van der Waals surface area contributed by atoms with Crippen molar-refractivity contribution in [2.45, 2.75) is 11.8 Å². The summed E-state index contributed by atoms with van der Waals surface area (Å²) >= 11 is 1.18. The molecule has 1 N–H and O–H groups in total. The molecule has 92 valence electrons. The Hall–Kier alpha value is -1.98. The van der Waals surface area contributed by atoms with Crippen LogP contribution in [0.1, 0.15) is 11.4 Å². The molecule has 0 unspecified atom stereocenters. The van der Waals surface area contributed by atoms with Crippen molar-refractivity contribution in [3.63, 3.8) is 0 Å². The molecule has 0 radical (unpaired) electrons.